The normalized spacial score (nSPS) is 18.5. The Kier molecular flexibility index (Phi) is 45.5. The van der Waals surface area contributed by atoms with Gasteiger partial charge in [-0.25, -0.2) is 26.3 Å². The summed E-state index contributed by atoms with van der Waals surface area (Å²) in [7, 11) is 11.6. The summed E-state index contributed by atoms with van der Waals surface area (Å²) in [5.41, 5.74) is 0. The fraction of sp³-hybridized carbons (Fsp3) is 1.00. The van der Waals surface area contributed by atoms with Crippen LogP contribution in [0.1, 0.15) is 91.9 Å². The van der Waals surface area contributed by atoms with Gasteiger partial charge in [-0.2, -0.15) is 119 Å². The maximum atomic E-state index is 13.2. The minimum Gasteiger partial charge on any atom is -0.369 e. The van der Waals surface area contributed by atoms with Crippen molar-refractivity contribution in [2.24, 2.45) is 0 Å². The Morgan fingerprint density at radius 2 is 0.427 bits per heavy atom. The van der Waals surface area contributed by atoms with E-state index in [1.165, 1.54) is 32.1 Å². The first-order valence-corrected chi connectivity index (χ1v) is 35.6. The van der Waals surface area contributed by atoms with Gasteiger partial charge in [0.15, 0.2) is 0 Å². The van der Waals surface area contributed by atoms with Crippen molar-refractivity contribution in [3.05, 3.63) is 0 Å². The zero-order valence-corrected chi connectivity index (χ0v) is 63.6. The minimum absolute atomic E-state index is 0.164. The molecule has 0 aromatic heterocycles. The molecule has 664 valence electrons. The van der Waals surface area contributed by atoms with Gasteiger partial charge in [0.25, 0.3) is 0 Å². The van der Waals surface area contributed by atoms with Gasteiger partial charge in [-0.15, -0.1) is 0 Å². The molecule has 4 saturated heterocycles. The second kappa shape index (κ2) is 45.8. The maximum absolute atomic E-state index is 13.2. The first-order valence-electron chi connectivity index (χ1n) is 35.6. The number of alkyl halides is 33. The second-order valence-electron chi connectivity index (χ2n) is 29.4. The van der Waals surface area contributed by atoms with E-state index in [1.807, 2.05) is 48.8 Å². The monoisotopic (exact) mass is 1700 g/mol. The second-order valence-corrected chi connectivity index (χ2v) is 29.4. The molecule has 45 heteroatoms. The van der Waals surface area contributed by atoms with E-state index in [-0.39, 0.29) is 59.3 Å². The largest absolute Gasteiger partial charge is 0.411 e. The molecule has 0 spiro atoms. The van der Waals surface area contributed by atoms with Gasteiger partial charge in [-0.1, -0.05) is 0 Å². The molecule has 0 radical (unpaired) electrons. The predicted octanol–water partition coefficient (Wildman–Crippen LogP) is 16.9. The molecule has 4 heterocycles. The van der Waals surface area contributed by atoms with E-state index in [2.05, 4.69) is 42.5 Å². The lowest BCUT2D eigenvalue weighted by atomic mass is 10.1. The fourth-order valence-corrected chi connectivity index (χ4v) is 11.0. The molecule has 4 aliphatic rings. The van der Waals surface area contributed by atoms with E-state index in [9.17, 15) is 145 Å². The van der Waals surface area contributed by atoms with Crippen LogP contribution in [0.2, 0.25) is 0 Å². The number of hydrogen-bond acceptors (Lipinski definition) is 6. The zero-order valence-electron chi connectivity index (χ0n) is 63.6. The molecule has 4 fully saturated rings. The summed E-state index contributed by atoms with van der Waals surface area (Å²) in [6, 6.07) is 0. The molecular formula is C65H113F33N6O6+6. The van der Waals surface area contributed by atoms with E-state index in [4.69, 9.17) is 0 Å². The van der Waals surface area contributed by atoms with E-state index in [1.54, 1.807) is 7.05 Å². The van der Waals surface area contributed by atoms with Gasteiger partial charge in [0, 0.05) is 25.7 Å². The summed E-state index contributed by atoms with van der Waals surface area (Å²) < 4.78 is 440. The minimum atomic E-state index is -6.21. The van der Waals surface area contributed by atoms with Gasteiger partial charge < -0.3 is 55.3 Å². The average molecular weight is 1700 g/mol. The first-order chi connectivity index (χ1) is 49.6. The van der Waals surface area contributed by atoms with Crippen LogP contribution < -0.4 is 0 Å². The highest BCUT2D eigenvalue weighted by Crippen LogP contribution is 2.51. The molecule has 0 aliphatic carbocycles. The van der Waals surface area contributed by atoms with Crippen molar-refractivity contribution in [1.82, 2.24) is 0 Å². The molecule has 0 saturated carbocycles. The smallest absolute Gasteiger partial charge is 0.369 e. The molecule has 0 N–H and O–H groups in total. The van der Waals surface area contributed by atoms with E-state index in [0.29, 0.717) is 46.2 Å². The molecule has 0 unspecified atom stereocenters. The van der Waals surface area contributed by atoms with Crippen molar-refractivity contribution in [2.75, 3.05) is 239 Å². The Balaban J connectivity index is 0. The third-order valence-electron chi connectivity index (χ3n) is 19.9. The Morgan fingerprint density at radius 1 is 0.264 bits per heavy atom. The average Bonchev–Trinajstić information content (AvgIpc) is 0.803. The number of ether oxygens (including phenoxy) is 6. The first kappa shape index (κ1) is 109. The molecule has 0 aromatic carbocycles. The maximum Gasteiger partial charge on any atom is 0.411 e. The molecule has 4 rings (SSSR count). The number of likely N-dealkylation sites (tertiary alicyclic amines) is 4. The quantitative estimate of drug-likeness (QED) is 0.0346. The van der Waals surface area contributed by atoms with Gasteiger partial charge in [-0.05, 0) is 66.2 Å². The van der Waals surface area contributed by atoms with Crippen molar-refractivity contribution in [3.8, 4) is 0 Å². The summed E-state index contributed by atoms with van der Waals surface area (Å²) in [5.74, 6) is -53.2. The number of piperidine rings is 2. The number of quaternary nitrogens is 6. The Labute approximate surface area is 621 Å². The van der Waals surface area contributed by atoms with Crippen LogP contribution in [0, 0.1) is 0 Å². The third-order valence-corrected chi connectivity index (χ3v) is 19.9. The Bertz CT molecular complexity index is 2360. The summed E-state index contributed by atoms with van der Waals surface area (Å²) in [6.45, 7) is 10.8. The number of hydrogen-bond donors (Lipinski definition) is 0. The van der Waals surface area contributed by atoms with Crippen LogP contribution in [0.4, 0.5) is 145 Å². The van der Waals surface area contributed by atoms with E-state index >= 15 is 0 Å². The lowest BCUT2D eigenvalue weighted by Gasteiger charge is -2.38. The van der Waals surface area contributed by atoms with Gasteiger partial charge >= 0.3 is 91.1 Å². The van der Waals surface area contributed by atoms with Crippen LogP contribution in [0.3, 0.4) is 0 Å². The Hall–Kier alpha value is -2.79. The summed E-state index contributed by atoms with van der Waals surface area (Å²) in [6.07, 6.45) is -16.6. The molecule has 0 aromatic rings. The number of likely N-dealkylation sites (N-methyl/N-ethyl adjacent to an activating group) is 6. The van der Waals surface area contributed by atoms with Gasteiger partial charge in [0.2, 0.25) is 0 Å². The summed E-state index contributed by atoms with van der Waals surface area (Å²) >= 11 is 0. The molecule has 0 atom stereocenters. The summed E-state index contributed by atoms with van der Waals surface area (Å²) in [4.78, 5) is 0. The van der Waals surface area contributed by atoms with E-state index in [0.717, 1.165) is 111 Å². The number of nitrogens with zero attached hydrogens (tertiary/aromatic N) is 6. The van der Waals surface area contributed by atoms with Crippen LogP contribution in [-0.4, -0.2) is 357 Å². The van der Waals surface area contributed by atoms with Crippen LogP contribution >= 0.6 is 0 Å². The lowest BCUT2D eigenvalue weighted by molar-refractivity contribution is -0.914. The van der Waals surface area contributed by atoms with Crippen LogP contribution in [0.15, 0.2) is 0 Å². The predicted molar refractivity (Wildman–Crippen MR) is 339 cm³/mol. The van der Waals surface area contributed by atoms with Crippen LogP contribution in [0.25, 0.3) is 0 Å². The number of rotatable bonds is 40. The highest BCUT2D eigenvalue weighted by molar-refractivity contribution is 5.00. The van der Waals surface area contributed by atoms with Crippen molar-refractivity contribution in [2.45, 2.75) is 183 Å². The lowest BCUT2D eigenvalue weighted by Crippen LogP contribution is -2.59. The fourth-order valence-electron chi connectivity index (χ4n) is 11.0. The van der Waals surface area contributed by atoms with Crippen LogP contribution in [0.5, 0.6) is 0 Å². The topological polar surface area (TPSA) is 55.4 Å². The molecule has 110 heavy (non-hydrogen) atoms. The van der Waals surface area contributed by atoms with E-state index < -0.39 is 131 Å². The van der Waals surface area contributed by atoms with Crippen LogP contribution in [-0.2, 0) is 28.4 Å². The highest BCUT2D eigenvalue weighted by atomic mass is 19.4. The van der Waals surface area contributed by atoms with Gasteiger partial charge in [-0.3, -0.25) is 0 Å². The van der Waals surface area contributed by atoms with Gasteiger partial charge in [0.05, 0.1) is 160 Å². The Morgan fingerprint density at radius 3 is 0.600 bits per heavy atom. The number of halogens is 33. The molecule has 0 bridgehead atoms. The van der Waals surface area contributed by atoms with Crippen molar-refractivity contribution < 1.29 is 200 Å². The zero-order chi connectivity index (χ0) is 86.3. The third kappa shape index (κ3) is 38.1. The molecule has 0 amide bonds. The van der Waals surface area contributed by atoms with Gasteiger partial charge in [0.1, 0.15) is 78.9 Å². The molecule has 12 nitrogen and oxygen atoms in total. The van der Waals surface area contributed by atoms with Crippen molar-refractivity contribution >= 4 is 0 Å². The standard InChI is InChI=1S/C13H20F8NO.C12H18F8NO.C12H20F8NO.C10H19F3NO.C9H17F3NO.C9H19F3NO/c1-22(5-3-2-4-6-22)7-8-23-9-11(16,17)13(20,21)12(18,19)10(14)15;1-21(4-2-3-5-21)6-7-22-8-10(15,16)12(19,20)11(17,18)9(13)14;1-4-21(3,5-2)6-7-22-8-10(15,16)12(19,20)11(17,18)9(13)14;1-14(5-3-2-4-6-14)7-8-15-9-10(11,12)13;1-13(4-2-3-5-13)6-7-14-8-9(10,11)12;1-4-13(3,5-2)6-7-14-8-9(10,11)12/h10H,2-9H2,1H3;9H,2-8H2,1H3;9H,4-8H2,1-3H3;2-9H2,1H3;2-8H2,1H3;4-8H2,1-3H3/q6*+1. The van der Waals surface area contributed by atoms with Crippen molar-refractivity contribution in [3.63, 3.8) is 0 Å². The SMILES string of the molecule is CC[N+](C)(CC)CCOCC(F)(F)C(F)(F)C(F)(F)C(F)F.CC[N+](C)(CC)CCOCC(F)(F)F.C[N+]1(CCOCC(F)(F)C(F)(F)C(F)(F)C(F)F)CCCC1.C[N+]1(CCOCC(F)(F)C(F)(F)C(F)(F)C(F)F)CCCCC1.C[N+]1(CCOCC(F)(F)F)CCCC1.C[N+]1(CCOCC(F)(F)F)CCCCC1. The van der Waals surface area contributed by atoms with Crippen molar-refractivity contribution in [1.29, 1.82) is 0 Å². The molecular weight excluding hydrogens is 1590 g/mol. The molecule has 4 aliphatic heterocycles. The summed E-state index contributed by atoms with van der Waals surface area (Å²) in [5, 5.41) is 0. The highest BCUT2D eigenvalue weighted by Gasteiger charge is 2.77.